The number of nitrogens with one attached hydrogen (secondary N) is 2. The summed E-state index contributed by atoms with van der Waals surface area (Å²) in [5.74, 6) is -0.0510. The van der Waals surface area contributed by atoms with Gasteiger partial charge in [0.1, 0.15) is 5.39 Å². The highest BCUT2D eigenvalue weighted by molar-refractivity contribution is 7.99. The van der Waals surface area contributed by atoms with Crippen molar-refractivity contribution < 1.29 is 4.79 Å². The highest BCUT2D eigenvalue weighted by Crippen LogP contribution is 2.21. The van der Waals surface area contributed by atoms with Crippen molar-refractivity contribution in [1.29, 1.82) is 0 Å². The van der Waals surface area contributed by atoms with E-state index in [1.807, 2.05) is 62.4 Å². The maximum atomic E-state index is 13.0. The van der Waals surface area contributed by atoms with Gasteiger partial charge in [0.15, 0.2) is 10.8 Å². The number of aromatic amines is 1. The number of carbonyl (C=O) groups is 1. The lowest BCUT2D eigenvalue weighted by Crippen LogP contribution is -2.22. The first-order chi connectivity index (χ1) is 14.0. The van der Waals surface area contributed by atoms with Crippen LogP contribution in [0.5, 0.6) is 0 Å². The van der Waals surface area contributed by atoms with Gasteiger partial charge >= 0.3 is 0 Å². The molecule has 2 aromatic carbocycles. The van der Waals surface area contributed by atoms with E-state index in [1.165, 1.54) is 22.5 Å². The maximum Gasteiger partial charge on any atom is 0.269 e. The molecule has 0 spiro atoms. The number of aromatic nitrogens is 4. The lowest BCUT2D eigenvalue weighted by molar-refractivity contribution is -0.113. The number of thioether (sulfide) groups is 1. The zero-order valence-corrected chi connectivity index (χ0v) is 16.8. The number of nitrogens with zero attached hydrogens (tertiary/aromatic N) is 3. The van der Waals surface area contributed by atoms with Gasteiger partial charge < -0.3 is 5.32 Å². The quantitative estimate of drug-likeness (QED) is 0.392. The molecule has 2 N–H and O–H groups in total. The number of fused-ring (bicyclic) bond motifs is 1. The van der Waals surface area contributed by atoms with Crippen molar-refractivity contribution in [3.63, 3.8) is 0 Å². The van der Waals surface area contributed by atoms with E-state index in [-0.39, 0.29) is 17.2 Å². The molecular weight excluding hydrogens is 386 g/mol. The molecule has 0 aliphatic rings. The van der Waals surface area contributed by atoms with Gasteiger partial charge in [0.2, 0.25) is 5.91 Å². The Kier molecular flexibility index (Phi) is 5.18. The first-order valence-electron chi connectivity index (χ1n) is 9.04. The van der Waals surface area contributed by atoms with Gasteiger partial charge in [0, 0.05) is 5.69 Å². The number of anilines is 1. The molecule has 0 bridgehead atoms. The predicted octanol–water partition coefficient (Wildman–Crippen LogP) is 3.46. The molecule has 1 amide bonds. The van der Waals surface area contributed by atoms with Crippen molar-refractivity contribution >= 4 is 34.4 Å². The molecule has 2 aromatic heterocycles. The summed E-state index contributed by atoms with van der Waals surface area (Å²) in [5.41, 5.74) is 3.77. The van der Waals surface area contributed by atoms with Crippen LogP contribution >= 0.6 is 11.8 Å². The second kappa shape index (κ2) is 7.92. The largest absolute Gasteiger partial charge is 0.325 e. The Morgan fingerprint density at radius 2 is 1.86 bits per heavy atom. The predicted molar refractivity (Wildman–Crippen MR) is 115 cm³/mol. The number of H-pyrrole nitrogens is 1. The lowest BCUT2D eigenvalue weighted by atomic mass is 10.1. The van der Waals surface area contributed by atoms with E-state index in [0.717, 1.165) is 16.8 Å². The second-order valence-corrected chi connectivity index (χ2v) is 7.66. The fraction of sp³-hybridized carbons (Fsp3) is 0.143. The minimum Gasteiger partial charge on any atom is -0.325 e. The number of hydrogen-bond donors (Lipinski definition) is 2. The summed E-state index contributed by atoms with van der Waals surface area (Å²) in [6, 6.07) is 15.1. The minimum atomic E-state index is -0.229. The molecule has 0 saturated carbocycles. The summed E-state index contributed by atoms with van der Waals surface area (Å²) < 4.78 is 1.51. The normalized spacial score (nSPS) is 11.0. The molecule has 0 saturated heterocycles. The van der Waals surface area contributed by atoms with Gasteiger partial charge in [-0.2, -0.15) is 5.10 Å². The molecule has 2 heterocycles. The van der Waals surface area contributed by atoms with Crippen LogP contribution in [0.25, 0.3) is 16.7 Å². The van der Waals surface area contributed by atoms with Crippen LogP contribution < -0.4 is 10.9 Å². The molecule has 0 unspecified atom stereocenters. The van der Waals surface area contributed by atoms with E-state index in [2.05, 4.69) is 20.5 Å². The monoisotopic (exact) mass is 405 g/mol. The lowest BCUT2D eigenvalue weighted by Gasteiger charge is -2.12. The number of aryl methyl sites for hydroxylation is 2. The molecule has 0 fully saturated rings. The van der Waals surface area contributed by atoms with Crippen molar-refractivity contribution in [2.75, 3.05) is 11.1 Å². The van der Waals surface area contributed by atoms with Crippen LogP contribution in [-0.4, -0.2) is 31.4 Å². The molecule has 0 radical (unpaired) electrons. The summed E-state index contributed by atoms with van der Waals surface area (Å²) in [7, 11) is 0. The summed E-state index contributed by atoms with van der Waals surface area (Å²) in [6.07, 6.45) is 1.46. The molecule has 0 aliphatic heterocycles. The van der Waals surface area contributed by atoms with Gasteiger partial charge in [0.05, 0.1) is 17.6 Å². The Balaban J connectivity index is 1.62. The molecule has 0 atom stereocenters. The molecule has 29 heavy (non-hydrogen) atoms. The summed E-state index contributed by atoms with van der Waals surface area (Å²) in [4.78, 5) is 30.0. The summed E-state index contributed by atoms with van der Waals surface area (Å²) in [6.45, 7) is 3.97. The molecule has 0 aliphatic carbocycles. The highest BCUT2D eigenvalue weighted by atomic mass is 32.2. The fourth-order valence-electron chi connectivity index (χ4n) is 3.15. The number of rotatable bonds is 5. The van der Waals surface area contributed by atoms with Gasteiger partial charge in [-0.25, -0.2) is 4.98 Å². The van der Waals surface area contributed by atoms with Crippen molar-refractivity contribution in [2.45, 2.75) is 19.0 Å². The first-order valence-corrected chi connectivity index (χ1v) is 10.0. The maximum absolute atomic E-state index is 13.0. The SMILES string of the molecule is Cc1cc(C)cc(NC(=O)CSc2nc3[nH]ncc3c(=O)n2-c2ccccc2)c1. The van der Waals surface area contributed by atoms with E-state index in [1.54, 1.807) is 0 Å². The Morgan fingerprint density at radius 3 is 2.59 bits per heavy atom. The topological polar surface area (TPSA) is 92.7 Å². The number of carbonyl (C=O) groups excluding carboxylic acids is 1. The minimum absolute atomic E-state index is 0.117. The van der Waals surface area contributed by atoms with Gasteiger partial charge in [-0.3, -0.25) is 19.3 Å². The zero-order valence-electron chi connectivity index (χ0n) is 16.0. The molecule has 4 aromatic rings. The number of para-hydroxylation sites is 1. The number of amides is 1. The third kappa shape index (κ3) is 4.07. The van der Waals surface area contributed by atoms with Crippen LogP contribution in [-0.2, 0) is 4.79 Å². The van der Waals surface area contributed by atoms with Gasteiger partial charge in [-0.1, -0.05) is 36.0 Å². The molecule has 4 rings (SSSR count). The van der Waals surface area contributed by atoms with Crippen LogP contribution in [0.2, 0.25) is 0 Å². The van der Waals surface area contributed by atoms with E-state index in [9.17, 15) is 9.59 Å². The van der Waals surface area contributed by atoms with Crippen molar-refractivity contribution in [3.8, 4) is 5.69 Å². The summed E-state index contributed by atoms with van der Waals surface area (Å²) in [5, 5.41) is 10.4. The van der Waals surface area contributed by atoms with Gasteiger partial charge in [0.25, 0.3) is 5.56 Å². The standard InChI is InChI=1S/C21H19N5O2S/c1-13-8-14(2)10-15(9-13)23-18(27)12-29-21-24-19-17(11-22-25-19)20(28)26(21)16-6-4-3-5-7-16/h3-11H,12H2,1-2H3,(H,22,25)(H,23,27). The first kappa shape index (κ1) is 18.9. The fourth-order valence-corrected chi connectivity index (χ4v) is 3.96. The van der Waals surface area contributed by atoms with Crippen LogP contribution in [0, 0.1) is 13.8 Å². The average molecular weight is 405 g/mol. The average Bonchev–Trinajstić information content (AvgIpc) is 3.15. The Bertz CT molecular complexity index is 1230. The Labute approximate surface area is 171 Å². The van der Waals surface area contributed by atoms with Crippen molar-refractivity contribution in [2.24, 2.45) is 0 Å². The van der Waals surface area contributed by atoms with Crippen molar-refractivity contribution in [1.82, 2.24) is 19.7 Å². The third-order valence-corrected chi connectivity index (χ3v) is 5.24. The van der Waals surface area contributed by atoms with E-state index in [0.29, 0.717) is 21.9 Å². The number of benzene rings is 2. The van der Waals surface area contributed by atoms with E-state index in [4.69, 9.17) is 0 Å². The molecular formula is C21H19N5O2S. The van der Waals surface area contributed by atoms with Crippen LogP contribution in [0.15, 0.2) is 64.7 Å². The molecule has 146 valence electrons. The van der Waals surface area contributed by atoms with Gasteiger partial charge in [-0.05, 0) is 49.2 Å². The van der Waals surface area contributed by atoms with Crippen molar-refractivity contribution in [3.05, 3.63) is 76.2 Å². The summed E-state index contributed by atoms with van der Waals surface area (Å²) >= 11 is 1.20. The third-order valence-electron chi connectivity index (χ3n) is 4.30. The van der Waals surface area contributed by atoms with Gasteiger partial charge in [-0.15, -0.1) is 0 Å². The van der Waals surface area contributed by atoms with Crippen LogP contribution in [0.1, 0.15) is 11.1 Å². The highest BCUT2D eigenvalue weighted by Gasteiger charge is 2.16. The number of hydrogen-bond acceptors (Lipinski definition) is 5. The van der Waals surface area contributed by atoms with E-state index < -0.39 is 0 Å². The Hall–Kier alpha value is -3.39. The molecule has 7 nitrogen and oxygen atoms in total. The zero-order chi connectivity index (χ0) is 20.4. The van der Waals surface area contributed by atoms with E-state index >= 15 is 0 Å². The smallest absolute Gasteiger partial charge is 0.269 e. The second-order valence-electron chi connectivity index (χ2n) is 6.72. The Morgan fingerprint density at radius 1 is 1.14 bits per heavy atom. The van der Waals surface area contributed by atoms with Crippen LogP contribution in [0.3, 0.4) is 0 Å². The van der Waals surface area contributed by atoms with Crippen LogP contribution in [0.4, 0.5) is 5.69 Å². The molecule has 8 heteroatoms.